The van der Waals surface area contributed by atoms with Gasteiger partial charge in [-0.25, -0.2) is 4.79 Å². The normalized spacial score (nSPS) is 19.5. The third kappa shape index (κ3) is 2.84. The van der Waals surface area contributed by atoms with Crippen LogP contribution >= 0.6 is 0 Å². The molecule has 0 bridgehead atoms. The Hall–Kier alpha value is -1.84. The van der Waals surface area contributed by atoms with Crippen LogP contribution in [0.1, 0.15) is 18.9 Å². The maximum absolute atomic E-state index is 11.7. The van der Waals surface area contributed by atoms with Crippen LogP contribution in [0.4, 0.5) is 4.79 Å². The summed E-state index contributed by atoms with van der Waals surface area (Å²) in [5.74, 6) is 0.0918. The molecular formula is C13H15NO3. The smallest absolute Gasteiger partial charge is 0.410 e. The molecule has 1 saturated heterocycles. The number of carbonyl (C=O) groups excluding carboxylic acids is 2. The largest absolute Gasteiger partial charge is 0.445 e. The van der Waals surface area contributed by atoms with E-state index in [-0.39, 0.29) is 25.0 Å². The van der Waals surface area contributed by atoms with E-state index in [1.165, 1.54) is 4.90 Å². The fourth-order valence-electron chi connectivity index (χ4n) is 1.90. The third-order valence-corrected chi connectivity index (χ3v) is 2.84. The van der Waals surface area contributed by atoms with E-state index in [2.05, 4.69) is 0 Å². The van der Waals surface area contributed by atoms with E-state index in [0.717, 1.165) is 5.56 Å². The van der Waals surface area contributed by atoms with Crippen LogP contribution < -0.4 is 0 Å². The van der Waals surface area contributed by atoms with Crippen LogP contribution in [0.5, 0.6) is 0 Å². The quantitative estimate of drug-likeness (QED) is 0.784. The summed E-state index contributed by atoms with van der Waals surface area (Å²) in [5, 5.41) is 0. The molecule has 0 saturated carbocycles. The molecule has 1 aliphatic rings. The van der Waals surface area contributed by atoms with Gasteiger partial charge in [-0.3, -0.25) is 9.69 Å². The third-order valence-electron chi connectivity index (χ3n) is 2.84. The van der Waals surface area contributed by atoms with Gasteiger partial charge in [0.1, 0.15) is 6.61 Å². The predicted octanol–water partition coefficient (Wildman–Crippen LogP) is 1.99. The molecule has 17 heavy (non-hydrogen) atoms. The molecule has 0 aromatic heterocycles. The minimum absolute atomic E-state index is 0.0502. The number of rotatable bonds is 2. The van der Waals surface area contributed by atoms with E-state index in [1.54, 1.807) is 0 Å². The second-order valence-electron chi connectivity index (χ2n) is 4.26. The number of carbonyl (C=O) groups is 2. The van der Waals surface area contributed by atoms with Gasteiger partial charge in [-0.1, -0.05) is 30.3 Å². The summed E-state index contributed by atoms with van der Waals surface area (Å²) in [6.07, 6.45) is 0.0210. The van der Waals surface area contributed by atoms with E-state index >= 15 is 0 Å². The van der Waals surface area contributed by atoms with Crippen molar-refractivity contribution in [2.45, 2.75) is 26.0 Å². The van der Waals surface area contributed by atoms with Crippen molar-refractivity contribution in [2.75, 3.05) is 6.54 Å². The monoisotopic (exact) mass is 233 g/mol. The van der Waals surface area contributed by atoms with Crippen molar-refractivity contribution in [3.63, 3.8) is 0 Å². The molecule has 0 unspecified atom stereocenters. The zero-order valence-electron chi connectivity index (χ0n) is 9.76. The summed E-state index contributed by atoms with van der Waals surface area (Å²) < 4.78 is 5.17. The van der Waals surface area contributed by atoms with Crippen LogP contribution in [0.3, 0.4) is 0 Å². The molecule has 90 valence electrons. The first-order valence-corrected chi connectivity index (χ1v) is 5.66. The molecule has 1 aliphatic heterocycles. The first kappa shape index (κ1) is 11.6. The number of benzene rings is 1. The number of nitrogens with zero attached hydrogens (tertiary/aromatic N) is 1. The van der Waals surface area contributed by atoms with Crippen molar-refractivity contribution >= 4 is 11.9 Å². The van der Waals surface area contributed by atoms with Gasteiger partial charge in [0, 0.05) is 12.5 Å². The maximum Gasteiger partial charge on any atom is 0.410 e. The molecule has 1 aromatic rings. The highest BCUT2D eigenvalue weighted by Crippen LogP contribution is 2.15. The van der Waals surface area contributed by atoms with Crippen molar-refractivity contribution in [1.29, 1.82) is 0 Å². The number of hydrogen-bond acceptors (Lipinski definition) is 3. The molecule has 1 heterocycles. The summed E-state index contributed by atoms with van der Waals surface area (Å²) in [7, 11) is 0. The van der Waals surface area contributed by atoms with Crippen LogP contribution in [-0.4, -0.2) is 29.4 Å². The Balaban J connectivity index is 1.88. The molecule has 0 radical (unpaired) electrons. The van der Waals surface area contributed by atoms with Crippen LogP contribution in [0.25, 0.3) is 0 Å². The average Bonchev–Trinajstić information content (AvgIpc) is 2.67. The Morgan fingerprint density at radius 1 is 1.41 bits per heavy atom. The minimum Gasteiger partial charge on any atom is -0.445 e. The van der Waals surface area contributed by atoms with Crippen molar-refractivity contribution in [2.24, 2.45) is 0 Å². The lowest BCUT2D eigenvalue weighted by Crippen LogP contribution is -2.34. The van der Waals surface area contributed by atoms with Gasteiger partial charge in [0.15, 0.2) is 5.78 Å². The molecular weight excluding hydrogens is 218 g/mol. The number of amides is 1. The zero-order chi connectivity index (χ0) is 12.3. The molecule has 0 N–H and O–H groups in total. The summed E-state index contributed by atoms with van der Waals surface area (Å²) in [5.41, 5.74) is 0.944. The van der Waals surface area contributed by atoms with Gasteiger partial charge in [0.2, 0.25) is 0 Å². The molecule has 2 rings (SSSR count). The summed E-state index contributed by atoms with van der Waals surface area (Å²) >= 11 is 0. The summed E-state index contributed by atoms with van der Waals surface area (Å²) in [6.45, 7) is 2.28. The highest BCUT2D eigenvalue weighted by atomic mass is 16.6. The van der Waals surface area contributed by atoms with Gasteiger partial charge in [0.05, 0.1) is 6.54 Å². The number of hydrogen-bond donors (Lipinski definition) is 0. The maximum atomic E-state index is 11.7. The highest BCUT2D eigenvalue weighted by molar-refractivity contribution is 5.88. The lowest BCUT2D eigenvalue weighted by atomic mass is 10.2. The lowest BCUT2D eigenvalue weighted by molar-refractivity contribution is -0.116. The van der Waals surface area contributed by atoms with E-state index in [4.69, 9.17) is 4.74 Å². The number of ether oxygens (including phenoxy) is 1. The van der Waals surface area contributed by atoms with Gasteiger partial charge < -0.3 is 4.74 Å². The van der Waals surface area contributed by atoms with Crippen molar-refractivity contribution < 1.29 is 14.3 Å². The van der Waals surface area contributed by atoms with Crippen molar-refractivity contribution in [3.05, 3.63) is 35.9 Å². The summed E-state index contributed by atoms with van der Waals surface area (Å²) in [4.78, 5) is 24.4. The average molecular weight is 233 g/mol. The molecule has 0 aliphatic carbocycles. The highest BCUT2D eigenvalue weighted by Gasteiger charge is 2.31. The first-order chi connectivity index (χ1) is 8.16. The SMILES string of the molecule is C[C@@H]1CC(=O)CN1C(=O)OCc1ccccc1. The van der Waals surface area contributed by atoms with E-state index < -0.39 is 6.09 Å². The fourth-order valence-corrected chi connectivity index (χ4v) is 1.90. The molecule has 1 aromatic carbocycles. The van der Waals surface area contributed by atoms with Gasteiger partial charge in [0.25, 0.3) is 0 Å². The van der Waals surface area contributed by atoms with Gasteiger partial charge >= 0.3 is 6.09 Å². The Morgan fingerprint density at radius 3 is 2.71 bits per heavy atom. The van der Waals surface area contributed by atoms with Gasteiger partial charge in [-0.05, 0) is 12.5 Å². The van der Waals surface area contributed by atoms with E-state index in [0.29, 0.717) is 6.42 Å². The standard InChI is InChI=1S/C13H15NO3/c1-10-7-12(15)8-14(10)13(16)17-9-11-5-3-2-4-6-11/h2-6,10H,7-9H2,1H3/t10-/m1/s1. The van der Waals surface area contributed by atoms with E-state index in [9.17, 15) is 9.59 Å². The second-order valence-corrected chi connectivity index (χ2v) is 4.26. The Bertz CT molecular complexity index is 416. The van der Waals surface area contributed by atoms with E-state index in [1.807, 2.05) is 37.3 Å². The minimum atomic E-state index is -0.410. The first-order valence-electron chi connectivity index (χ1n) is 5.66. The molecule has 4 heteroatoms. The number of Topliss-reactive ketones (excluding diaryl/α,β-unsaturated/α-hetero) is 1. The predicted molar refractivity (Wildman–Crippen MR) is 62.4 cm³/mol. The molecule has 1 atom stereocenters. The van der Waals surface area contributed by atoms with Crippen LogP contribution in [0.2, 0.25) is 0 Å². The molecule has 1 fully saturated rings. The zero-order valence-corrected chi connectivity index (χ0v) is 9.76. The Labute approximate surface area is 100 Å². The second kappa shape index (κ2) is 4.99. The Morgan fingerprint density at radius 2 is 2.12 bits per heavy atom. The number of likely N-dealkylation sites (tertiary alicyclic amines) is 1. The van der Waals surface area contributed by atoms with Crippen LogP contribution in [0.15, 0.2) is 30.3 Å². The van der Waals surface area contributed by atoms with Crippen LogP contribution in [0, 0.1) is 0 Å². The number of ketones is 1. The van der Waals surface area contributed by atoms with Crippen molar-refractivity contribution in [3.8, 4) is 0 Å². The van der Waals surface area contributed by atoms with Crippen LogP contribution in [-0.2, 0) is 16.1 Å². The topological polar surface area (TPSA) is 46.6 Å². The fraction of sp³-hybridized carbons (Fsp3) is 0.385. The molecule has 1 amide bonds. The van der Waals surface area contributed by atoms with Gasteiger partial charge in [-0.15, -0.1) is 0 Å². The van der Waals surface area contributed by atoms with Gasteiger partial charge in [-0.2, -0.15) is 0 Å². The molecule has 0 spiro atoms. The Kier molecular flexibility index (Phi) is 3.42. The molecule has 4 nitrogen and oxygen atoms in total. The van der Waals surface area contributed by atoms with Crippen molar-refractivity contribution in [1.82, 2.24) is 4.90 Å². The lowest BCUT2D eigenvalue weighted by Gasteiger charge is -2.19. The summed E-state index contributed by atoms with van der Waals surface area (Å²) in [6, 6.07) is 9.44.